The molecule has 5 nitrogen and oxygen atoms in total. The zero-order chi connectivity index (χ0) is 16.3. The number of anilines is 1. The third kappa shape index (κ3) is 3.51. The Morgan fingerprint density at radius 2 is 1.73 bits per heavy atom. The SMILES string of the molecule is CCOc1cc(C)c(S(=O)(=O)Nc2ccc(O)cc2)cc1C. The summed E-state index contributed by atoms with van der Waals surface area (Å²) in [5, 5.41) is 9.24. The molecule has 0 amide bonds. The summed E-state index contributed by atoms with van der Waals surface area (Å²) in [6.07, 6.45) is 0. The Balaban J connectivity index is 2.37. The van der Waals surface area contributed by atoms with Gasteiger partial charge in [-0.25, -0.2) is 8.42 Å². The van der Waals surface area contributed by atoms with Crippen molar-refractivity contribution in [2.45, 2.75) is 25.7 Å². The standard InChI is InChI=1S/C16H19NO4S/c1-4-21-15-9-12(3)16(10-11(15)2)22(19,20)17-13-5-7-14(18)8-6-13/h5-10,17-18H,4H2,1-3H3. The molecule has 0 bridgehead atoms. The van der Waals surface area contributed by atoms with Crippen molar-refractivity contribution in [1.29, 1.82) is 0 Å². The largest absolute Gasteiger partial charge is 0.508 e. The van der Waals surface area contributed by atoms with E-state index < -0.39 is 10.0 Å². The van der Waals surface area contributed by atoms with E-state index in [9.17, 15) is 13.5 Å². The Morgan fingerprint density at radius 1 is 1.09 bits per heavy atom. The molecule has 0 spiro atoms. The van der Waals surface area contributed by atoms with Crippen molar-refractivity contribution in [3.05, 3.63) is 47.5 Å². The van der Waals surface area contributed by atoms with Crippen LogP contribution in [0.2, 0.25) is 0 Å². The maximum absolute atomic E-state index is 12.5. The molecule has 6 heteroatoms. The molecule has 0 saturated carbocycles. The average molecular weight is 321 g/mol. The summed E-state index contributed by atoms with van der Waals surface area (Å²) in [7, 11) is -3.70. The lowest BCUT2D eigenvalue weighted by Crippen LogP contribution is -2.14. The molecule has 2 N–H and O–H groups in total. The van der Waals surface area contributed by atoms with Crippen molar-refractivity contribution in [3.63, 3.8) is 0 Å². The van der Waals surface area contributed by atoms with Gasteiger partial charge in [0.1, 0.15) is 11.5 Å². The van der Waals surface area contributed by atoms with E-state index in [1.165, 1.54) is 24.3 Å². The van der Waals surface area contributed by atoms with Gasteiger partial charge in [0, 0.05) is 5.69 Å². The van der Waals surface area contributed by atoms with Crippen molar-refractivity contribution in [2.24, 2.45) is 0 Å². The van der Waals surface area contributed by atoms with Crippen LogP contribution in [0.15, 0.2) is 41.3 Å². The van der Waals surface area contributed by atoms with E-state index in [0.29, 0.717) is 23.6 Å². The van der Waals surface area contributed by atoms with Gasteiger partial charge in [-0.15, -0.1) is 0 Å². The molecule has 0 heterocycles. The fourth-order valence-corrected chi connectivity index (χ4v) is 3.47. The average Bonchev–Trinajstić information content (AvgIpc) is 2.45. The Morgan fingerprint density at radius 3 is 2.32 bits per heavy atom. The van der Waals surface area contributed by atoms with E-state index in [4.69, 9.17) is 4.74 Å². The smallest absolute Gasteiger partial charge is 0.262 e. The molecule has 0 unspecified atom stereocenters. The maximum atomic E-state index is 12.5. The van der Waals surface area contributed by atoms with Crippen molar-refractivity contribution < 1.29 is 18.3 Å². The van der Waals surface area contributed by atoms with Gasteiger partial charge >= 0.3 is 0 Å². The minimum atomic E-state index is -3.70. The highest BCUT2D eigenvalue weighted by Gasteiger charge is 2.19. The van der Waals surface area contributed by atoms with Gasteiger partial charge in [0.25, 0.3) is 10.0 Å². The number of benzene rings is 2. The van der Waals surface area contributed by atoms with Crippen molar-refractivity contribution in [3.8, 4) is 11.5 Å². The second-order valence-electron chi connectivity index (χ2n) is 4.97. The van der Waals surface area contributed by atoms with Gasteiger partial charge < -0.3 is 9.84 Å². The molecule has 0 atom stereocenters. The molecule has 0 aliphatic heterocycles. The minimum Gasteiger partial charge on any atom is -0.508 e. The van der Waals surface area contributed by atoms with E-state index >= 15 is 0 Å². The number of hydrogen-bond acceptors (Lipinski definition) is 4. The molecule has 118 valence electrons. The van der Waals surface area contributed by atoms with Crippen LogP contribution in [-0.2, 0) is 10.0 Å². The Hall–Kier alpha value is -2.21. The molecular weight excluding hydrogens is 302 g/mol. The third-order valence-corrected chi connectivity index (χ3v) is 4.70. The Bertz CT molecular complexity index is 767. The monoisotopic (exact) mass is 321 g/mol. The highest BCUT2D eigenvalue weighted by atomic mass is 32.2. The molecule has 22 heavy (non-hydrogen) atoms. The summed E-state index contributed by atoms with van der Waals surface area (Å²) in [6, 6.07) is 9.18. The van der Waals surface area contributed by atoms with Gasteiger partial charge in [-0.2, -0.15) is 0 Å². The highest BCUT2D eigenvalue weighted by molar-refractivity contribution is 7.92. The second-order valence-corrected chi connectivity index (χ2v) is 6.62. The molecule has 0 radical (unpaired) electrons. The van der Waals surface area contributed by atoms with Crippen molar-refractivity contribution in [2.75, 3.05) is 11.3 Å². The summed E-state index contributed by atoms with van der Waals surface area (Å²) >= 11 is 0. The van der Waals surface area contributed by atoms with Crippen LogP contribution in [0.4, 0.5) is 5.69 Å². The fourth-order valence-electron chi connectivity index (χ4n) is 2.10. The number of hydrogen-bond donors (Lipinski definition) is 2. The number of aryl methyl sites for hydroxylation is 2. The van der Waals surface area contributed by atoms with E-state index in [2.05, 4.69) is 4.72 Å². The van der Waals surface area contributed by atoms with Gasteiger partial charge in [0.15, 0.2) is 0 Å². The normalized spacial score (nSPS) is 11.2. The number of phenolic OH excluding ortho intramolecular Hbond substituents is 1. The number of sulfonamides is 1. The Labute approximate surface area is 130 Å². The summed E-state index contributed by atoms with van der Waals surface area (Å²) in [5.41, 5.74) is 1.77. The molecule has 2 rings (SSSR count). The van der Waals surface area contributed by atoms with Gasteiger partial charge in [0.2, 0.25) is 0 Å². The lowest BCUT2D eigenvalue weighted by molar-refractivity contribution is 0.337. The predicted molar refractivity (Wildman–Crippen MR) is 86.0 cm³/mol. The molecule has 0 aromatic heterocycles. The van der Waals surface area contributed by atoms with Crippen LogP contribution in [-0.4, -0.2) is 20.1 Å². The van der Waals surface area contributed by atoms with Gasteiger partial charge in [-0.05, 0) is 68.3 Å². The number of phenols is 1. The quantitative estimate of drug-likeness (QED) is 0.829. The first-order chi connectivity index (χ1) is 10.3. The molecule has 0 aliphatic rings. The Kier molecular flexibility index (Phi) is 4.61. The number of rotatable bonds is 5. The van der Waals surface area contributed by atoms with Crippen LogP contribution in [0.3, 0.4) is 0 Å². The van der Waals surface area contributed by atoms with E-state index in [1.54, 1.807) is 19.1 Å². The lowest BCUT2D eigenvalue weighted by atomic mass is 10.1. The molecular formula is C16H19NO4S. The first-order valence-corrected chi connectivity index (χ1v) is 8.37. The molecule has 2 aromatic rings. The van der Waals surface area contributed by atoms with Crippen LogP contribution < -0.4 is 9.46 Å². The first-order valence-electron chi connectivity index (χ1n) is 6.89. The van der Waals surface area contributed by atoms with Crippen LogP contribution in [0.1, 0.15) is 18.1 Å². The van der Waals surface area contributed by atoms with Crippen LogP contribution >= 0.6 is 0 Å². The van der Waals surface area contributed by atoms with Crippen molar-refractivity contribution >= 4 is 15.7 Å². The third-order valence-electron chi connectivity index (χ3n) is 3.18. The first kappa shape index (κ1) is 16.2. The summed E-state index contributed by atoms with van der Waals surface area (Å²) in [5.74, 6) is 0.764. The molecule has 0 saturated heterocycles. The number of ether oxygens (including phenoxy) is 1. The fraction of sp³-hybridized carbons (Fsp3) is 0.250. The zero-order valence-electron chi connectivity index (χ0n) is 12.8. The van der Waals surface area contributed by atoms with Crippen LogP contribution in [0, 0.1) is 13.8 Å². The van der Waals surface area contributed by atoms with E-state index in [0.717, 1.165) is 5.56 Å². The number of aromatic hydroxyl groups is 1. The minimum absolute atomic E-state index is 0.0797. The van der Waals surface area contributed by atoms with Crippen molar-refractivity contribution in [1.82, 2.24) is 0 Å². The van der Waals surface area contributed by atoms with Gasteiger partial charge in [0.05, 0.1) is 11.5 Å². The van der Waals surface area contributed by atoms with Gasteiger partial charge in [-0.1, -0.05) is 0 Å². The van der Waals surface area contributed by atoms with Crippen LogP contribution in [0.25, 0.3) is 0 Å². The predicted octanol–water partition coefficient (Wildman–Crippen LogP) is 3.21. The van der Waals surface area contributed by atoms with E-state index in [-0.39, 0.29) is 10.6 Å². The number of nitrogens with one attached hydrogen (secondary N) is 1. The topological polar surface area (TPSA) is 75.6 Å². The van der Waals surface area contributed by atoms with Crippen LogP contribution in [0.5, 0.6) is 11.5 Å². The lowest BCUT2D eigenvalue weighted by Gasteiger charge is -2.14. The zero-order valence-corrected chi connectivity index (χ0v) is 13.6. The van der Waals surface area contributed by atoms with E-state index in [1.807, 2.05) is 13.8 Å². The molecule has 0 aliphatic carbocycles. The van der Waals surface area contributed by atoms with Gasteiger partial charge in [-0.3, -0.25) is 4.72 Å². The summed E-state index contributed by atoms with van der Waals surface area (Å²) in [6.45, 7) is 5.95. The highest BCUT2D eigenvalue weighted by Crippen LogP contribution is 2.27. The maximum Gasteiger partial charge on any atom is 0.262 e. The molecule has 2 aromatic carbocycles. The molecule has 0 fully saturated rings. The summed E-state index contributed by atoms with van der Waals surface area (Å²) < 4.78 is 33.0. The second kappa shape index (κ2) is 6.27. The summed E-state index contributed by atoms with van der Waals surface area (Å²) in [4.78, 5) is 0.210.